The monoisotopic (exact) mass is 238 g/mol. The molecule has 1 rings (SSSR count). The number of unbranched alkanes of at least 4 members (excludes halogenated alkanes) is 1. The van der Waals surface area contributed by atoms with Crippen molar-refractivity contribution in [2.75, 3.05) is 5.75 Å². The lowest BCUT2D eigenvalue weighted by molar-refractivity contribution is 0.474. The smallest absolute Gasteiger partial charge is 0.163 e. The van der Waals surface area contributed by atoms with Gasteiger partial charge in [-0.1, -0.05) is 13.3 Å². The van der Waals surface area contributed by atoms with Gasteiger partial charge in [-0.25, -0.2) is 0 Å². The lowest BCUT2D eigenvalue weighted by Crippen LogP contribution is -1.78. The summed E-state index contributed by atoms with van der Waals surface area (Å²) in [5.74, 6) is 0.750. The molecule has 1 heterocycles. The third-order valence-corrected chi connectivity index (χ3v) is 4.24. The lowest BCUT2D eigenvalue weighted by Gasteiger charge is -1.96. The number of rotatable bonds is 4. The van der Waals surface area contributed by atoms with E-state index in [2.05, 4.69) is 6.92 Å². The lowest BCUT2D eigenvalue weighted by atomic mass is 10.3. The molecule has 78 valence electrons. The molecule has 1 aromatic rings. The zero-order valence-electron chi connectivity index (χ0n) is 8.28. The van der Waals surface area contributed by atoms with E-state index in [1.165, 1.54) is 23.1 Å². The molecule has 0 aliphatic carbocycles. The van der Waals surface area contributed by atoms with Gasteiger partial charge in [0.1, 0.15) is 22.6 Å². The Kier molecular flexibility index (Phi) is 4.48. The van der Waals surface area contributed by atoms with Gasteiger partial charge in [0.2, 0.25) is 0 Å². The van der Waals surface area contributed by atoms with E-state index < -0.39 is 0 Å². The van der Waals surface area contributed by atoms with E-state index in [-0.39, 0.29) is 16.2 Å². The second kappa shape index (κ2) is 5.65. The summed E-state index contributed by atoms with van der Waals surface area (Å²) in [6.45, 7) is 2.10. The molecule has 0 aromatic carbocycles. The van der Waals surface area contributed by atoms with Crippen molar-refractivity contribution < 1.29 is 5.11 Å². The standard InChI is InChI=1S/C10H10N2OS2/c1-2-3-4-14-10-7(5-11)9(13)8(6-12)15-10/h13H,2-4H2,1H3. The molecule has 5 heteroatoms. The normalized spacial score (nSPS) is 9.53. The van der Waals surface area contributed by atoms with Crippen LogP contribution in [0, 0.1) is 22.7 Å². The summed E-state index contributed by atoms with van der Waals surface area (Å²) in [5.41, 5.74) is 0.248. The molecule has 0 aliphatic heterocycles. The Morgan fingerprint density at radius 3 is 2.67 bits per heavy atom. The first-order valence-electron chi connectivity index (χ1n) is 4.53. The van der Waals surface area contributed by atoms with Crippen molar-refractivity contribution in [1.82, 2.24) is 0 Å². The minimum atomic E-state index is -0.163. The third kappa shape index (κ3) is 2.65. The molecule has 3 nitrogen and oxygen atoms in total. The van der Waals surface area contributed by atoms with Gasteiger partial charge >= 0.3 is 0 Å². The minimum Gasteiger partial charge on any atom is -0.504 e. The van der Waals surface area contributed by atoms with Gasteiger partial charge in [-0.2, -0.15) is 10.5 Å². The maximum absolute atomic E-state index is 9.52. The van der Waals surface area contributed by atoms with E-state index in [1.54, 1.807) is 0 Å². The third-order valence-electron chi connectivity index (χ3n) is 1.80. The molecule has 0 unspecified atom stereocenters. The molecule has 0 spiro atoms. The Morgan fingerprint density at radius 2 is 2.13 bits per heavy atom. The van der Waals surface area contributed by atoms with Crippen LogP contribution in [0.1, 0.15) is 30.2 Å². The Bertz CT molecular complexity index is 426. The van der Waals surface area contributed by atoms with Gasteiger partial charge in [0.15, 0.2) is 5.75 Å². The fourth-order valence-electron chi connectivity index (χ4n) is 0.987. The molecule has 0 saturated heterocycles. The summed E-state index contributed by atoms with van der Waals surface area (Å²) >= 11 is 2.72. The highest BCUT2D eigenvalue weighted by Crippen LogP contribution is 2.39. The van der Waals surface area contributed by atoms with E-state index in [9.17, 15) is 5.11 Å². The van der Waals surface area contributed by atoms with Crippen molar-refractivity contribution in [3.05, 3.63) is 10.4 Å². The highest BCUT2D eigenvalue weighted by atomic mass is 32.2. The first kappa shape index (κ1) is 11.9. The number of thioether (sulfide) groups is 1. The number of aromatic hydroxyl groups is 1. The quantitative estimate of drug-likeness (QED) is 0.646. The first-order chi connectivity index (χ1) is 7.24. The molecule has 0 aliphatic rings. The predicted octanol–water partition coefficient (Wildman–Crippen LogP) is 3.09. The molecular formula is C10H10N2OS2. The summed E-state index contributed by atoms with van der Waals surface area (Å²) in [6, 6.07) is 3.82. The highest BCUT2D eigenvalue weighted by Gasteiger charge is 2.17. The van der Waals surface area contributed by atoms with Gasteiger partial charge in [0.25, 0.3) is 0 Å². The summed E-state index contributed by atoms with van der Waals surface area (Å²) in [4.78, 5) is 0.227. The van der Waals surface area contributed by atoms with Crippen LogP contribution in [0.2, 0.25) is 0 Å². The summed E-state index contributed by atoms with van der Waals surface area (Å²) < 4.78 is 0.750. The van der Waals surface area contributed by atoms with Crippen LogP contribution in [0.5, 0.6) is 5.75 Å². The average molecular weight is 238 g/mol. The van der Waals surface area contributed by atoms with Crippen LogP contribution < -0.4 is 0 Å². The molecule has 0 radical (unpaired) electrons. The fourth-order valence-corrected chi connectivity index (χ4v) is 3.30. The molecule has 1 aromatic heterocycles. The average Bonchev–Trinajstić information content (AvgIpc) is 2.55. The van der Waals surface area contributed by atoms with Gasteiger partial charge in [0, 0.05) is 0 Å². The molecule has 0 fully saturated rings. The minimum absolute atomic E-state index is 0.163. The van der Waals surface area contributed by atoms with Crippen LogP contribution >= 0.6 is 23.1 Å². The van der Waals surface area contributed by atoms with Crippen LogP contribution in [0.25, 0.3) is 0 Å². The molecule has 0 saturated carbocycles. The second-order valence-corrected chi connectivity index (χ2v) is 5.25. The van der Waals surface area contributed by atoms with Crippen molar-refractivity contribution in [2.45, 2.75) is 24.0 Å². The van der Waals surface area contributed by atoms with Crippen molar-refractivity contribution in [3.8, 4) is 17.9 Å². The topological polar surface area (TPSA) is 67.8 Å². The van der Waals surface area contributed by atoms with Crippen LogP contribution in [-0.2, 0) is 0 Å². The summed E-state index contributed by atoms with van der Waals surface area (Å²) in [7, 11) is 0. The fraction of sp³-hybridized carbons (Fsp3) is 0.400. The van der Waals surface area contributed by atoms with Crippen molar-refractivity contribution >= 4 is 23.1 Å². The van der Waals surface area contributed by atoms with Crippen LogP contribution in [0.4, 0.5) is 0 Å². The van der Waals surface area contributed by atoms with E-state index in [1.807, 2.05) is 12.1 Å². The molecular weight excluding hydrogens is 228 g/mol. The van der Waals surface area contributed by atoms with Gasteiger partial charge < -0.3 is 5.11 Å². The number of thiophene rings is 1. The van der Waals surface area contributed by atoms with E-state index >= 15 is 0 Å². The van der Waals surface area contributed by atoms with E-state index in [0.717, 1.165) is 22.8 Å². The Hall–Kier alpha value is -1.17. The zero-order chi connectivity index (χ0) is 11.3. The summed E-state index contributed by atoms with van der Waals surface area (Å²) in [6.07, 6.45) is 2.16. The van der Waals surface area contributed by atoms with Crippen molar-refractivity contribution in [1.29, 1.82) is 10.5 Å². The maximum Gasteiger partial charge on any atom is 0.163 e. The van der Waals surface area contributed by atoms with Crippen LogP contribution in [0.3, 0.4) is 0 Å². The van der Waals surface area contributed by atoms with Gasteiger partial charge in [0.05, 0.1) is 4.21 Å². The van der Waals surface area contributed by atoms with Gasteiger partial charge in [-0.05, 0) is 12.2 Å². The first-order valence-corrected chi connectivity index (χ1v) is 6.33. The number of hydrogen-bond donors (Lipinski definition) is 1. The highest BCUT2D eigenvalue weighted by molar-refractivity contribution is 8.01. The summed E-state index contributed by atoms with van der Waals surface area (Å²) in [5, 5.41) is 27.1. The van der Waals surface area contributed by atoms with E-state index in [4.69, 9.17) is 10.5 Å². The van der Waals surface area contributed by atoms with Crippen molar-refractivity contribution in [2.24, 2.45) is 0 Å². The molecule has 0 bridgehead atoms. The SMILES string of the molecule is CCCCSc1sc(C#N)c(O)c1C#N. The predicted molar refractivity (Wildman–Crippen MR) is 61.0 cm³/mol. The molecule has 0 atom stereocenters. The van der Waals surface area contributed by atoms with Crippen LogP contribution in [0.15, 0.2) is 4.21 Å². The van der Waals surface area contributed by atoms with Gasteiger partial charge in [-0.15, -0.1) is 23.1 Å². The number of nitrogens with zero attached hydrogens (tertiary/aromatic N) is 2. The van der Waals surface area contributed by atoms with E-state index in [0.29, 0.717) is 0 Å². The molecule has 1 N–H and O–H groups in total. The Balaban J connectivity index is 2.89. The largest absolute Gasteiger partial charge is 0.504 e. The van der Waals surface area contributed by atoms with Crippen molar-refractivity contribution in [3.63, 3.8) is 0 Å². The Labute approximate surface area is 97.0 Å². The molecule has 0 amide bonds. The molecule has 15 heavy (non-hydrogen) atoms. The Morgan fingerprint density at radius 1 is 1.40 bits per heavy atom. The number of nitriles is 2. The maximum atomic E-state index is 9.52. The second-order valence-electron chi connectivity index (χ2n) is 2.87. The van der Waals surface area contributed by atoms with Crippen LogP contribution in [-0.4, -0.2) is 10.9 Å². The zero-order valence-corrected chi connectivity index (χ0v) is 9.91. The number of hydrogen-bond acceptors (Lipinski definition) is 5. The van der Waals surface area contributed by atoms with Gasteiger partial charge in [-0.3, -0.25) is 0 Å².